The van der Waals surface area contributed by atoms with Crippen LogP contribution in [0.1, 0.15) is 47.5 Å². The maximum absolute atomic E-state index is 12.4. The van der Waals surface area contributed by atoms with E-state index in [1.54, 1.807) is 34.6 Å². The maximum atomic E-state index is 12.4. The summed E-state index contributed by atoms with van der Waals surface area (Å²) in [6.07, 6.45) is 0.711. The van der Waals surface area contributed by atoms with Gasteiger partial charge in [0.1, 0.15) is 11.6 Å². The second-order valence-corrected chi connectivity index (χ2v) is 6.71. The zero-order chi connectivity index (χ0) is 16.2. The molecule has 0 saturated carbocycles. The standard InChI is InChI=1S/C15H27NO5/c1-10(2)16(14(19)21-15(3,4)5)12(13(17)18)11-6-8-20-9-7-11/h10-12H,6-9H2,1-5H3,(H,17,18). The summed E-state index contributed by atoms with van der Waals surface area (Å²) in [5.41, 5.74) is -0.650. The van der Waals surface area contributed by atoms with Crippen LogP contribution in [0.25, 0.3) is 0 Å². The van der Waals surface area contributed by atoms with Crippen molar-refractivity contribution in [1.82, 2.24) is 4.90 Å². The minimum atomic E-state index is -0.985. The molecule has 0 aromatic heterocycles. The van der Waals surface area contributed by atoms with Gasteiger partial charge in [0, 0.05) is 19.3 Å². The number of amides is 1. The van der Waals surface area contributed by atoms with Crippen molar-refractivity contribution in [3.8, 4) is 0 Å². The van der Waals surface area contributed by atoms with Crippen molar-refractivity contribution >= 4 is 12.1 Å². The largest absolute Gasteiger partial charge is 0.480 e. The van der Waals surface area contributed by atoms with Gasteiger partial charge in [0.2, 0.25) is 0 Å². The number of carbonyl (C=O) groups is 2. The Kier molecular flexibility index (Phi) is 6.01. The molecule has 1 saturated heterocycles. The highest BCUT2D eigenvalue weighted by Crippen LogP contribution is 2.26. The van der Waals surface area contributed by atoms with Crippen LogP contribution < -0.4 is 0 Å². The molecule has 1 aliphatic rings. The van der Waals surface area contributed by atoms with E-state index in [4.69, 9.17) is 9.47 Å². The monoisotopic (exact) mass is 301 g/mol. The lowest BCUT2D eigenvalue weighted by Gasteiger charge is -2.39. The van der Waals surface area contributed by atoms with Crippen molar-refractivity contribution in [1.29, 1.82) is 0 Å². The van der Waals surface area contributed by atoms with E-state index in [9.17, 15) is 14.7 Å². The molecule has 6 nitrogen and oxygen atoms in total. The fraction of sp³-hybridized carbons (Fsp3) is 0.867. The molecule has 0 aromatic carbocycles. The molecule has 1 fully saturated rings. The van der Waals surface area contributed by atoms with Gasteiger partial charge in [-0.05, 0) is 53.4 Å². The van der Waals surface area contributed by atoms with E-state index >= 15 is 0 Å². The van der Waals surface area contributed by atoms with Crippen LogP contribution in [0, 0.1) is 5.92 Å². The van der Waals surface area contributed by atoms with Gasteiger partial charge in [-0.3, -0.25) is 4.90 Å². The van der Waals surface area contributed by atoms with Crippen LogP contribution in [0.5, 0.6) is 0 Å². The third-order valence-electron chi connectivity index (χ3n) is 3.43. The molecular formula is C15H27NO5. The van der Waals surface area contributed by atoms with Crippen LogP contribution in [-0.4, -0.2) is 53.0 Å². The molecule has 0 aliphatic carbocycles. The lowest BCUT2D eigenvalue weighted by molar-refractivity contribution is -0.147. The lowest BCUT2D eigenvalue weighted by Crippen LogP contribution is -2.54. The Bertz CT molecular complexity index is 369. The Labute approximate surface area is 126 Å². The molecule has 0 bridgehead atoms. The van der Waals surface area contributed by atoms with Crippen LogP contribution in [0.4, 0.5) is 4.79 Å². The number of carbonyl (C=O) groups excluding carboxylic acids is 1. The first-order valence-corrected chi connectivity index (χ1v) is 7.45. The smallest absolute Gasteiger partial charge is 0.411 e. The molecule has 1 aliphatic heterocycles. The van der Waals surface area contributed by atoms with Crippen LogP contribution >= 0.6 is 0 Å². The molecule has 1 atom stereocenters. The molecule has 1 rings (SSSR count). The second kappa shape index (κ2) is 7.11. The van der Waals surface area contributed by atoms with Crippen molar-refractivity contribution in [3.05, 3.63) is 0 Å². The van der Waals surface area contributed by atoms with E-state index in [0.717, 1.165) is 0 Å². The fourth-order valence-electron chi connectivity index (χ4n) is 2.54. The number of hydrogen-bond acceptors (Lipinski definition) is 4. The average Bonchev–Trinajstić information content (AvgIpc) is 2.33. The Morgan fingerprint density at radius 2 is 1.76 bits per heavy atom. The predicted octanol–water partition coefficient (Wildman–Crippen LogP) is 2.51. The van der Waals surface area contributed by atoms with Gasteiger partial charge in [0.15, 0.2) is 0 Å². The predicted molar refractivity (Wildman–Crippen MR) is 78.2 cm³/mol. The highest BCUT2D eigenvalue weighted by molar-refractivity contribution is 5.80. The van der Waals surface area contributed by atoms with Crippen LogP contribution in [0.15, 0.2) is 0 Å². The van der Waals surface area contributed by atoms with Gasteiger partial charge < -0.3 is 14.6 Å². The number of carboxylic acids is 1. The summed E-state index contributed by atoms with van der Waals surface area (Å²) in [6, 6.07) is -1.12. The first-order valence-electron chi connectivity index (χ1n) is 7.45. The van der Waals surface area contributed by atoms with E-state index in [0.29, 0.717) is 26.1 Å². The summed E-state index contributed by atoms with van der Waals surface area (Å²) in [4.78, 5) is 25.5. The molecule has 1 amide bonds. The van der Waals surface area contributed by atoms with Gasteiger partial charge in [0.25, 0.3) is 0 Å². The SMILES string of the molecule is CC(C)N(C(=O)OC(C)(C)C)C(C(=O)O)C1CCOCC1. The van der Waals surface area contributed by atoms with E-state index in [-0.39, 0.29) is 12.0 Å². The Balaban J connectivity index is 2.97. The Morgan fingerprint density at radius 1 is 1.24 bits per heavy atom. The maximum Gasteiger partial charge on any atom is 0.411 e. The van der Waals surface area contributed by atoms with Crippen molar-refractivity contribution in [2.24, 2.45) is 5.92 Å². The zero-order valence-corrected chi connectivity index (χ0v) is 13.6. The van der Waals surface area contributed by atoms with E-state index in [1.807, 2.05) is 0 Å². The molecule has 122 valence electrons. The molecular weight excluding hydrogens is 274 g/mol. The Hall–Kier alpha value is -1.30. The molecule has 0 spiro atoms. The third kappa shape index (κ3) is 5.19. The molecule has 21 heavy (non-hydrogen) atoms. The van der Waals surface area contributed by atoms with Crippen LogP contribution in [-0.2, 0) is 14.3 Å². The summed E-state index contributed by atoms with van der Waals surface area (Å²) in [6.45, 7) is 10.00. The van der Waals surface area contributed by atoms with E-state index < -0.39 is 23.7 Å². The highest BCUT2D eigenvalue weighted by Gasteiger charge is 2.40. The normalized spacial score (nSPS) is 18.4. The molecule has 0 aromatic rings. The van der Waals surface area contributed by atoms with Gasteiger partial charge in [-0.25, -0.2) is 9.59 Å². The number of rotatable bonds is 4. The van der Waals surface area contributed by atoms with Gasteiger partial charge in [0.05, 0.1) is 0 Å². The summed E-state index contributed by atoms with van der Waals surface area (Å²) in [5, 5.41) is 9.60. The quantitative estimate of drug-likeness (QED) is 0.863. The summed E-state index contributed by atoms with van der Waals surface area (Å²) >= 11 is 0. The molecule has 1 N–H and O–H groups in total. The summed E-state index contributed by atoms with van der Waals surface area (Å²) < 4.78 is 10.7. The number of ether oxygens (including phenoxy) is 2. The van der Waals surface area contributed by atoms with Gasteiger partial charge >= 0.3 is 12.1 Å². The zero-order valence-electron chi connectivity index (χ0n) is 13.6. The number of aliphatic carboxylic acids is 1. The topological polar surface area (TPSA) is 76.1 Å². The first kappa shape index (κ1) is 17.8. The second-order valence-electron chi connectivity index (χ2n) is 6.71. The van der Waals surface area contributed by atoms with E-state index in [2.05, 4.69) is 0 Å². The summed E-state index contributed by atoms with van der Waals surface area (Å²) in [5.74, 6) is -1.09. The highest BCUT2D eigenvalue weighted by atomic mass is 16.6. The molecule has 0 radical (unpaired) electrons. The minimum Gasteiger partial charge on any atom is -0.480 e. The Morgan fingerprint density at radius 3 is 2.14 bits per heavy atom. The van der Waals surface area contributed by atoms with Gasteiger partial charge in [-0.15, -0.1) is 0 Å². The minimum absolute atomic E-state index is 0.105. The van der Waals surface area contributed by atoms with Crippen molar-refractivity contribution in [2.45, 2.75) is 65.1 Å². The van der Waals surface area contributed by atoms with Crippen molar-refractivity contribution in [2.75, 3.05) is 13.2 Å². The number of nitrogens with zero attached hydrogens (tertiary/aromatic N) is 1. The molecule has 1 unspecified atom stereocenters. The van der Waals surface area contributed by atoms with E-state index in [1.165, 1.54) is 4.90 Å². The van der Waals surface area contributed by atoms with Crippen LogP contribution in [0.3, 0.4) is 0 Å². The van der Waals surface area contributed by atoms with Gasteiger partial charge in [-0.2, -0.15) is 0 Å². The molecule has 6 heteroatoms. The first-order chi connectivity index (χ1) is 9.63. The van der Waals surface area contributed by atoms with Crippen LogP contribution in [0.2, 0.25) is 0 Å². The fourth-order valence-corrected chi connectivity index (χ4v) is 2.54. The van der Waals surface area contributed by atoms with Crippen molar-refractivity contribution < 1.29 is 24.2 Å². The number of hydrogen-bond donors (Lipinski definition) is 1. The molecule has 1 heterocycles. The van der Waals surface area contributed by atoms with Gasteiger partial charge in [-0.1, -0.05) is 0 Å². The summed E-state index contributed by atoms with van der Waals surface area (Å²) in [7, 11) is 0. The van der Waals surface area contributed by atoms with Crippen molar-refractivity contribution in [3.63, 3.8) is 0 Å². The lowest BCUT2D eigenvalue weighted by atomic mass is 9.90. The average molecular weight is 301 g/mol. The number of carboxylic acid groups (broad SMARTS) is 1. The third-order valence-corrected chi connectivity index (χ3v) is 3.43.